The second-order valence-electron chi connectivity index (χ2n) is 12.7. The Hall–Kier alpha value is -4.59. The highest BCUT2D eigenvalue weighted by Gasteiger charge is 2.48. The summed E-state index contributed by atoms with van der Waals surface area (Å²) in [5, 5.41) is 23.5. The zero-order valence-electron chi connectivity index (χ0n) is 25.7. The number of nitrogens with one attached hydrogen (secondary N) is 2. The first-order chi connectivity index (χ1) is 22.8. The predicted octanol–water partition coefficient (Wildman–Crippen LogP) is 4.60. The lowest BCUT2D eigenvalue weighted by molar-refractivity contribution is -0.134. The number of H-pyrrole nitrogens is 1. The number of halogens is 1. The second-order valence-corrected chi connectivity index (χ2v) is 13.1. The maximum atomic E-state index is 14.3. The van der Waals surface area contributed by atoms with Gasteiger partial charge in [-0.25, -0.2) is 9.78 Å². The minimum absolute atomic E-state index is 0.108. The molecule has 0 unspecified atom stereocenters. The summed E-state index contributed by atoms with van der Waals surface area (Å²) in [6, 6.07) is 12.7. The molecule has 3 fully saturated rings. The summed E-state index contributed by atoms with van der Waals surface area (Å²) in [5.41, 5.74) is 9.73. The number of nitrogens with two attached hydrogens (primary N) is 1. The highest BCUT2D eigenvalue weighted by molar-refractivity contribution is 6.30. The third-order valence-corrected chi connectivity index (χ3v) is 9.83. The molecule has 2 amide bonds. The van der Waals surface area contributed by atoms with Crippen molar-refractivity contribution in [3.63, 3.8) is 0 Å². The normalized spacial score (nSPS) is 22.5. The number of carboxylic acid groups (broad SMARTS) is 1. The molecule has 0 bridgehead atoms. The van der Waals surface area contributed by atoms with E-state index < -0.39 is 6.09 Å². The number of rotatable bonds is 8. The van der Waals surface area contributed by atoms with Crippen molar-refractivity contribution in [2.75, 3.05) is 25.0 Å². The zero-order chi connectivity index (χ0) is 32.5. The van der Waals surface area contributed by atoms with Gasteiger partial charge in [0.15, 0.2) is 0 Å². The molecule has 1 saturated carbocycles. The van der Waals surface area contributed by atoms with Gasteiger partial charge in [-0.05, 0) is 104 Å². The summed E-state index contributed by atoms with van der Waals surface area (Å²) in [6.45, 7) is 2.44. The molecule has 0 radical (unpaired) electrons. The molecule has 244 valence electrons. The molecule has 7 rings (SSSR count). The number of carbonyl (C=O) groups is 2. The summed E-state index contributed by atoms with van der Waals surface area (Å²) < 4.78 is 1.54. The summed E-state index contributed by atoms with van der Waals surface area (Å²) in [4.78, 5) is 38.3. The first-order valence-electron chi connectivity index (χ1n) is 16.0. The number of tetrazole rings is 1. The molecule has 3 aliphatic rings. The molecule has 4 aromatic rings. The van der Waals surface area contributed by atoms with Crippen LogP contribution in [0.25, 0.3) is 23.0 Å². The van der Waals surface area contributed by atoms with E-state index in [1.807, 2.05) is 29.3 Å². The van der Waals surface area contributed by atoms with Gasteiger partial charge in [-0.15, -0.1) is 5.10 Å². The van der Waals surface area contributed by atoms with Gasteiger partial charge in [0.25, 0.3) is 0 Å². The van der Waals surface area contributed by atoms with E-state index in [0.717, 1.165) is 62.3 Å². The maximum Gasteiger partial charge on any atom is 0.409 e. The van der Waals surface area contributed by atoms with Crippen LogP contribution in [0.3, 0.4) is 0 Å². The van der Waals surface area contributed by atoms with Crippen LogP contribution in [-0.4, -0.2) is 88.8 Å². The first kappa shape index (κ1) is 31.0. The molecule has 14 heteroatoms. The fourth-order valence-electron chi connectivity index (χ4n) is 7.07. The second kappa shape index (κ2) is 13.3. The number of anilines is 1. The molecule has 13 nitrogen and oxygen atoms in total. The molecule has 0 spiro atoms. The van der Waals surface area contributed by atoms with Crippen LogP contribution in [0.4, 0.5) is 10.5 Å². The van der Waals surface area contributed by atoms with Crippen LogP contribution in [0.5, 0.6) is 0 Å². The minimum Gasteiger partial charge on any atom is -0.465 e. The van der Waals surface area contributed by atoms with Crippen LogP contribution >= 0.6 is 11.6 Å². The van der Waals surface area contributed by atoms with Crippen LogP contribution in [0.1, 0.15) is 49.5 Å². The highest BCUT2D eigenvalue weighted by Crippen LogP contribution is 2.50. The fraction of sp³-hybridized carbons (Fsp3) is 0.394. The van der Waals surface area contributed by atoms with Crippen LogP contribution in [0.2, 0.25) is 5.02 Å². The van der Waals surface area contributed by atoms with E-state index >= 15 is 0 Å². The Kier molecular flexibility index (Phi) is 8.76. The Balaban J connectivity index is 1.21. The molecule has 2 aliphatic heterocycles. The Labute approximate surface area is 276 Å². The number of amides is 2. The molecule has 2 saturated heterocycles. The van der Waals surface area contributed by atoms with Gasteiger partial charge in [0, 0.05) is 52.7 Å². The quantitative estimate of drug-likeness (QED) is 0.198. The molecule has 2 aromatic carbocycles. The van der Waals surface area contributed by atoms with Gasteiger partial charge in [0.1, 0.15) is 12.2 Å². The van der Waals surface area contributed by atoms with E-state index in [2.05, 4.69) is 30.7 Å². The molecule has 3 atom stereocenters. The van der Waals surface area contributed by atoms with E-state index in [1.165, 1.54) is 6.33 Å². The smallest absolute Gasteiger partial charge is 0.409 e. The number of hydrogen-bond acceptors (Lipinski definition) is 8. The van der Waals surface area contributed by atoms with Crippen molar-refractivity contribution < 1.29 is 14.7 Å². The largest absolute Gasteiger partial charge is 0.465 e. The predicted molar refractivity (Wildman–Crippen MR) is 177 cm³/mol. The minimum atomic E-state index is -1.12. The van der Waals surface area contributed by atoms with Crippen LogP contribution < -0.4 is 11.1 Å². The number of carbonyl (C=O) groups excluding carboxylic acids is 1. The molecule has 2 aromatic heterocycles. The van der Waals surface area contributed by atoms with Crippen molar-refractivity contribution in [1.82, 2.24) is 40.0 Å². The van der Waals surface area contributed by atoms with E-state index in [9.17, 15) is 9.59 Å². The highest BCUT2D eigenvalue weighted by atomic mass is 35.5. The topological polar surface area (TPSA) is 171 Å². The third kappa shape index (κ3) is 6.92. The van der Waals surface area contributed by atoms with Crippen molar-refractivity contribution in [3.05, 3.63) is 77.5 Å². The van der Waals surface area contributed by atoms with E-state index in [1.54, 1.807) is 41.1 Å². The third-order valence-electron chi connectivity index (χ3n) is 9.59. The van der Waals surface area contributed by atoms with Gasteiger partial charge in [-0.1, -0.05) is 23.7 Å². The lowest BCUT2D eigenvalue weighted by Crippen LogP contribution is -2.56. The number of aromatic amines is 1. The van der Waals surface area contributed by atoms with Gasteiger partial charge in [-0.3, -0.25) is 15.0 Å². The molecule has 4 heterocycles. The van der Waals surface area contributed by atoms with Crippen molar-refractivity contribution in [3.8, 4) is 16.9 Å². The first-order valence-corrected chi connectivity index (χ1v) is 16.4. The zero-order valence-corrected chi connectivity index (χ0v) is 26.5. The SMILES string of the molecule is NC1CCN([C@H]2C[C@@H](C3CC3)[C@@H](c3nc(-c4ccc(NC(=O)O)cc4)c[nH]3)N(C(=O)C=Cc3cc(Cl)ccc3-n3cnnn3)C2)CC1. The summed E-state index contributed by atoms with van der Waals surface area (Å²) in [5.74, 6) is 1.40. The average molecular weight is 657 g/mol. The Bertz CT molecular complexity index is 1750. The van der Waals surface area contributed by atoms with Gasteiger partial charge in [0.05, 0.1) is 17.4 Å². The molecule has 1 aliphatic carbocycles. The van der Waals surface area contributed by atoms with Crippen molar-refractivity contribution >= 4 is 35.4 Å². The van der Waals surface area contributed by atoms with E-state index in [4.69, 9.17) is 27.4 Å². The van der Waals surface area contributed by atoms with Crippen LogP contribution in [-0.2, 0) is 4.79 Å². The van der Waals surface area contributed by atoms with E-state index in [-0.39, 0.29) is 30.0 Å². The number of aromatic nitrogens is 6. The van der Waals surface area contributed by atoms with Crippen molar-refractivity contribution in [2.24, 2.45) is 17.6 Å². The number of piperidine rings is 2. The van der Waals surface area contributed by atoms with Crippen LogP contribution in [0.15, 0.2) is 61.1 Å². The van der Waals surface area contributed by atoms with Gasteiger partial charge in [0.2, 0.25) is 5.91 Å². The van der Waals surface area contributed by atoms with Crippen LogP contribution in [0, 0.1) is 11.8 Å². The molecular weight excluding hydrogens is 620 g/mol. The number of nitrogens with zero attached hydrogens (tertiary/aromatic N) is 7. The molecular formula is C33H37ClN10O3. The van der Waals surface area contributed by atoms with Gasteiger partial charge >= 0.3 is 6.09 Å². The average Bonchev–Trinajstić information content (AvgIpc) is 3.54. The lowest BCUT2D eigenvalue weighted by Gasteiger charge is -2.48. The molecule has 47 heavy (non-hydrogen) atoms. The fourth-order valence-corrected chi connectivity index (χ4v) is 7.25. The molecule has 5 N–H and O–H groups in total. The Morgan fingerprint density at radius 2 is 1.87 bits per heavy atom. The number of likely N-dealkylation sites (tertiary alicyclic amines) is 2. The van der Waals surface area contributed by atoms with Crippen molar-refractivity contribution in [1.29, 1.82) is 0 Å². The van der Waals surface area contributed by atoms with E-state index in [0.29, 0.717) is 34.4 Å². The van der Waals surface area contributed by atoms with Crippen molar-refractivity contribution in [2.45, 2.75) is 50.2 Å². The Morgan fingerprint density at radius 3 is 2.57 bits per heavy atom. The van der Waals surface area contributed by atoms with Gasteiger partial charge in [-0.2, -0.15) is 4.68 Å². The monoisotopic (exact) mass is 656 g/mol. The lowest BCUT2D eigenvalue weighted by atomic mass is 9.81. The van der Waals surface area contributed by atoms with Gasteiger partial charge < -0.3 is 20.7 Å². The number of benzene rings is 2. The maximum absolute atomic E-state index is 14.3. The summed E-state index contributed by atoms with van der Waals surface area (Å²) >= 11 is 6.36. The number of imidazole rings is 1. The number of hydrogen-bond donors (Lipinski definition) is 4. The summed E-state index contributed by atoms with van der Waals surface area (Å²) in [6.07, 6.45) is 10.8. The Morgan fingerprint density at radius 1 is 1.09 bits per heavy atom. The summed E-state index contributed by atoms with van der Waals surface area (Å²) in [7, 11) is 0. The standard InChI is InChI=1S/C33H37ClN10O3/c34-23-6-9-29(44-19-37-40-41-44)22(15-23)5-10-30(45)43-18-26(42-13-11-24(35)12-14-42)16-27(20-1-2-20)31(43)32-36-17-28(39-32)21-3-7-25(8-4-21)38-33(46)47/h3-10,15,17,19-20,24,26-27,31,38H,1-2,11-14,16,18,35H2,(H,36,39)(H,46,47)/t26-,27-,31-/m0/s1.